The van der Waals surface area contributed by atoms with Crippen molar-refractivity contribution in [1.29, 1.82) is 0 Å². The van der Waals surface area contributed by atoms with Crippen LogP contribution < -0.4 is 10.6 Å². The molecule has 0 saturated carbocycles. The Morgan fingerprint density at radius 2 is 2.00 bits per heavy atom. The fraction of sp³-hybridized carbons (Fsp3) is 0.0667. The molecular formula is C15H13F2N3O. The number of aromatic nitrogens is 1. The lowest BCUT2D eigenvalue weighted by molar-refractivity contribution is 0.0957. The zero-order valence-electron chi connectivity index (χ0n) is 11.1. The second-order valence-electron chi connectivity index (χ2n) is 4.18. The van der Waals surface area contributed by atoms with Gasteiger partial charge in [0.1, 0.15) is 17.3 Å². The molecule has 0 saturated heterocycles. The summed E-state index contributed by atoms with van der Waals surface area (Å²) >= 11 is 0. The number of hydrogen-bond acceptors (Lipinski definition) is 3. The van der Waals surface area contributed by atoms with Gasteiger partial charge in [-0.2, -0.15) is 0 Å². The standard InChI is InChI=1S/C15H13F2N3O/c1-2-6-19-15(21)10-7-11(9-18-8-10)20-14-12(16)4-3-5-13(14)17/h2-5,7-9,20H,1,6H2,(H,19,21). The van der Waals surface area contributed by atoms with Crippen molar-refractivity contribution in [2.45, 2.75) is 0 Å². The third-order valence-electron chi connectivity index (χ3n) is 2.64. The first-order chi connectivity index (χ1) is 10.1. The first kappa shape index (κ1) is 14.6. The van der Waals surface area contributed by atoms with Crippen LogP contribution in [0.5, 0.6) is 0 Å². The number of para-hydroxylation sites is 1. The Bertz CT molecular complexity index is 653. The molecule has 1 amide bonds. The highest BCUT2D eigenvalue weighted by atomic mass is 19.1. The van der Waals surface area contributed by atoms with Crippen molar-refractivity contribution >= 4 is 17.3 Å². The quantitative estimate of drug-likeness (QED) is 0.832. The summed E-state index contributed by atoms with van der Waals surface area (Å²) in [6.45, 7) is 3.81. The highest BCUT2D eigenvalue weighted by Crippen LogP contribution is 2.23. The third kappa shape index (κ3) is 3.62. The molecule has 0 bridgehead atoms. The van der Waals surface area contributed by atoms with Gasteiger partial charge in [-0.05, 0) is 18.2 Å². The van der Waals surface area contributed by atoms with Crippen molar-refractivity contribution < 1.29 is 13.6 Å². The zero-order chi connectivity index (χ0) is 15.2. The van der Waals surface area contributed by atoms with E-state index in [9.17, 15) is 13.6 Å². The van der Waals surface area contributed by atoms with E-state index in [4.69, 9.17) is 0 Å². The van der Waals surface area contributed by atoms with Gasteiger partial charge in [0.05, 0.1) is 17.4 Å². The highest BCUT2D eigenvalue weighted by Gasteiger charge is 2.10. The molecule has 1 aromatic heterocycles. The number of amides is 1. The van der Waals surface area contributed by atoms with Crippen LogP contribution in [-0.4, -0.2) is 17.4 Å². The van der Waals surface area contributed by atoms with Crippen molar-refractivity contribution in [2.24, 2.45) is 0 Å². The molecule has 0 radical (unpaired) electrons. The van der Waals surface area contributed by atoms with Crippen molar-refractivity contribution in [3.8, 4) is 0 Å². The molecule has 21 heavy (non-hydrogen) atoms. The van der Waals surface area contributed by atoms with E-state index in [0.29, 0.717) is 12.2 Å². The molecule has 4 nitrogen and oxygen atoms in total. The second kappa shape index (κ2) is 6.60. The van der Waals surface area contributed by atoms with E-state index in [-0.39, 0.29) is 17.2 Å². The van der Waals surface area contributed by atoms with Crippen LogP contribution in [0.2, 0.25) is 0 Å². The molecule has 1 aromatic carbocycles. The van der Waals surface area contributed by atoms with Gasteiger partial charge in [0.25, 0.3) is 5.91 Å². The number of halogens is 2. The summed E-state index contributed by atoms with van der Waals surface area (Å²) < 4.78 is 27.1. The van der Waals surface area contributed by atoms with Gasteiger partial charge in [0.15, 0.2) is 0 Å². The Morgan fingerprint density at radius 1 is 1.29 bits per heavy atom. The summed E-state index contributed by atoms with van der Waals surface area (Å²) in [5, 5.41) is 5.17. The topological polar surface area (TPSA) is 54.0 Å². The molecule has 2 rings (SSSR count). The Morgan fingerprint density at radius 3 is 2.67 bits per heavy atom. The van der Waals surface area contributed by atoms with E-state index in [1.54, 1.807) is 6.08 Å². The Kier molecular flexibility index (Phi) is 4.61. The maximum absolute atomic E-state index is 13.5. The van der Waals surface area contributed by atoms with Crippen LogP contribution in [0, 0.1) is 11.6 Å². The van der Waals surface area contributed by atoms with Gasteiger partial charge in [0, 0.05) is 12.7 Å². The Labute approximate surface area is 120 Å². The number of carbonyl (C=O) groups excluding carboxylic acids is 1. The van der Waals surface area contributed by atoms with Crippen LogP contribution in [-0.2, 0) is 0 Å². The summed E-state index contributed by atoms with van der Waals surface area (Å²) in [5.41, 5.74) is 0.298. The van der Waals surface area contributed by atoms with Gasteiger partial charge in [-0.3, -0.25) is 9.78 Å². The minimum absolute atomic E-state index is 0.276. The highest BCUT2D eigenvalue weighted by molar-refractivity contribution is 5.94. The van der Waals surface area contributed by atoms with Gasteiger partial charge in [-0.1, -0.05) is 12.1 Å². The van der Waals surface area contributed by atoms with Crippen molar-refractivity contribution in [3.63, 3.8) is 0 Å². The zero-order valence-corrected chi connectivity index (χ0v) is 11.1. The van der Waals surface area contributed by atoms with Gasteiger partial charge in [-0.25, -0.2) is 8.78 Å². The molecule has 108 valence electrons. The number of anilines is 2. The summed E-state index contributed by atoms with van der Waals surface area (Å²) in [4.78, 5) is 15.6. The molecule has 0 spiro atoms. The first-order valence-corrected chi connectivity index (χ1v) is 6.17. The smallest absolute Gasteiger partial charge is 0.253 e. The third-order valence-corrected chi connectivity index (χ3v) is 2.64. The van der Waals surface area contributed by atoms with E-state index in [1.807, 2.05) is 0 Å². The van der Waals surface area contributed by atoms with Crippen LogP contribution in [0.4, 0.5) is 20.2 Å². The van der Waals surface area contributed by atoms with Gasteiger partial charge in [-0.15, -0.1) is 6.58 Å². The van der Waals surface area contributed by atoms with Crippen LogP contribution >= 0.6 is 0 Å². The fourth-order valence-corrected chi connectivity index (χ4v) is 1.66. The molecule has 0 fully saturated rings. The minimum atomic E-state index is -0.725. The number of rotatable bonds is 5. The predicted octanol–water partition coefficient (Wildman–Crippen LogP) is 3.02. The number of nitrogens with zero attached hydrogens (tertiary/aromatic N) is 1. The van der Waals surface area contributed by atoms with Crippen molar-refractivity contribution in [3.05, 3.63) is 66.5 Å². The van der Waals surface area contributed by atoms with E-state index < -0.39 is 11.6 Å². The van der Waals surface area contributed by atoms with Crippen LogP contribution in [0.1, 0.15) is 10.4 Å². The number of carbonyl (C=O) groups is 1. The first-order valence-electron chi connectivity index (χ1n) is 6.17. The average molecular weight is 289 g/mol. The van der Waals surface area contributed by atoms with Gasteiger partial charge >= 0.3 is 0 Å². The molecule has 0 aliphatic carbocycles. The minimum Gasteiger partial charge on any atom is -0.349 e. The van der Waals surface area contributed by atoms with Crippen LogP contribution in [0.25, 0.3) is 0 Å². The molecule has 6 heteroatoms. The lowest BCUT2D eigenvalue weighted by atomic mass is 10.2. The summed E-state index contributed by atoms with van der Waals surface area (Å²) in [5.74, 6) is -1.80. The maximum Gasteiger partial charge on any atom is 0.253 e. The predicted molar refractivity (Wildman–Crippen MR) is 76.4 cm³/mol. The Balaban J connectivity index is 2.22. The fourth-order valence-electron chi connectivity index (χ4n) is 1.66. The molecule has 2 N–H and O–H groups in total. The largest absolute Gasteiger partial charge is 0.349 e. The monoisotopic (exact) mass is 289 g/mol. The molecule has 0 aliphatic rings. The van der Waals surface area contributed by atoms with Gasteiger partial charge < -0.3 is 10.6 Å². The van der Waals surface area contributed by atoms with E-state index >= 15 is 0 Å². The summed E-state index contributed by atoms with van der Waals surface area (Å²) in [6.07, 6.45) is 4.28. The van der Waals surface area contributed by atoms with E-state index in [0.717, 1.165) is 12.1 Å². The molecule has 0 unspecified atom stereocenters. The van der Waals surface area contributed by atoms with Crippen molar-refractivity contribution in [2.75, 3.05) is 11.9 Å². The normalized spacial score (nSPS) is 10.0. The van der Waals surface area contributed by atoms with Crippen molar-refractivity contribution in [1.82, 2.24) is 10.3 Å². The van der Waals surface area contributed by atoms with E-state index in [2.05, 4.69) is 22.2 Å². The molecule has 2 aromatic rings. The average Bonchev–Trinajstić information content (AvgIpc) is 2.49. The number of nitrogens with one attached hydrogen (secondary N) is 2. The number of hydrogen-bond donors (Lipinski definition) is 2. The van der Waals surface area contributed by atoms with Crippen LogP contribution in [0.15, 0.2) is 49.3 Å². The molecule has 0 aliphatic heterocycles. The molecular weight excluding hydrogens is 276 g/mol. The van der Waals surface area contributed by atoms with Gasteiger partial charge in [0.2, 0.25) is 0 Å². The summed E-state index contributed by atoms with van der Waals surface area (Å²) in [7, 11) is 0. The SMILES string of the molecule is C=CCNC(=O)c1cncc(Nc2c(F)cccc2F)c1. The molecule has 1 heterocycles. The lowest BCUT2D eigenvalue weighted by Crippen LogP contribution is -2.23. The second-order valence-corrected chi connectivity index (χ2v) is 4.18. The molecule has 0 atom stereocenters. The summed E-state index contributed by atoms with van der Waals surface area (Å²) in [6, 6.07) is 5.00. The number of benzene rings is 1. The van der Waals surface area contributed by atoms with Crippen LogP contribution in [0.3, 0.4) is 0 Å². The Hall–Kier alpha value is -2.76. The number of pyridine rings is 1. The van der Waals surface area contributed by atoms with E-state index in [1.165, 1.54) is 24.5 Å². The maximum atomic E-state index is 13.5. The lowest BCUT2D eigenvalue weighted by Gasteiger charge is -2.09.